The molecule has 0 amide bonds. The normalized spacial score (nSPS) is 11.7. The second-order valence-electron chi connectivity index (χ2n) is 4.13. The van der Waals surface area contributed by atoms with Gasteiger partial charge in [-0.25, -0.2) is 4.79 Å². The molecule has 0 atom stereocenters. The maximum absolute atomic E-state index is 11.4. The average molecular weight is 181 g/mol. The Morgan fingerprint density at radius 2 is 1.92 bits per heavy atom. The van der Waals surface area contributed by atoms with E-state index in [4.69, 9.17) is 4.42 Å². The number of hydrogen-bond donors (Lipinski definition) is 0. The van der Waals surface area contributed by atoms with Crippen molar-refractivity contribution in [2.24, 2.45) is 0 Å². The molecule has 13 heavy (non-hydrogen) atoms. The number of hydrogen-bond acceptors (Lipinski definition) is 3. The Labute approximate surface area is 77.0 Å². The molecular formula is C10H13O3-. The van der Waals surface area contributed by atoms with Crippen molar-refractivity contribution in [2.75, 3.05) is 0 Å². The van der Waals surface area contributed by atoms with E-state index in [1.165, 1.54) is 6.07 Å². The Kier molecular flexibility index (Phi) is 2.20. The van der Waals surface area contributed by atoms with Crippen LogP contribution in [-0.4, -0.2) is 0 Å². The molecule has 0 aromatic carbocycles. The van der Waals surface area contributed by atoms with Crippen LogP contribution in [0.5, 0.6) is 5.75 Å². The minimum atomic E-state index is -0.516. The van der Waals surface area contributed by atoms with Gasteiger partial charge in [-0.15, -0.1) is 0 Å². The second-order valence-corrected chi connectivity index (χ2v) is 4.13. The van der Waals surface area contributed by atoms with E-state index >= 15 is 0 Å². The second kappa shape index (κ2) is 2.91. The lowest BCUT2D eigenvalue weighted by Gasteiger charge is -2.23. The zero-order valence-electron chi connectivity index (χ0n) is 8.30. The maximum Gasteiger partial charge on any atom is 0.338 e. The van der Waals surface area contributed by atoms with E-state index in [0.717, 1.165) is 0 Å². The van der Waals surface area contributed by atoms with Crippen LogP contribution in [0.25, 0.3) is 0 Å². The first-order valence-electron chi connectivity index (χ1n) is 4.14. The van der Waals surface area contributed by atoms with Crippen LogP contribution < -0.4 is 10.7 Å². The van der Waals surface area contributed by atoms with Gasteiger partial charge in [0.25, 0.3) is 0 Å². The SMILES string of the molecule is Cc1cc([O-])c(C(C)(C)C)c(=O)o1. The molecule has 0 radical (unpaired) electrons. The summed E-state index contributed by atoms with van der Waals surface area (Å²) in [6, 6.07) is 1.35. The van der Waals surface area contributed by atoms with E-state index in [-0.39, 0.29) is 11.3 Å². The highest BCUT2D eigenvalue weighted by molar-refractivity contribution is 5.33. The standard InChI is InChI=1S/C10H14O3/c1-6-5-7(11)8(9(12)13-6)10(2,3)4/h5,11H,1-4H3/p-1. The summed E-state index contributed by atoms with van der Waals surface area (Å²) in [4.78, 5) is 11.3. The minimum absolute atomic E-state index is 0.220. The van der Waals surface area contributed by atoms with Crippen molar-refractivity contribution in [3.63, 3.8) is 0 Å². The third kappa shape index (κ3) is 1.91. The first kappa shape index (κ1) is 9.84. The fourth-order valence-corrected chi connectivity index (χ4v) is 1.26. The molecule has 1 aromatic rings. The fraction of sp³-hybridized carbons (Fsp3) is 0.500. The molecule has 0 spiro atoms. The first-order valence-corrected chi connectivity index (χ1v) is 4.14. The van der Waals surface area contributed by atoms with Crippen molar-refractivity contribution in [2.45, 2.75) is 33.1 Å². The summed E-state index contributed by atoms with van der Waals surface area (Å²) in [5.41, 5.74) is -0.749. The van der Waals surface area contributed by atoms with Crippen molar-refractivity contribution >= 4 is 0 Å². The molecule has 1 heterocycles. The van der Waals surface area contributed by atoms with Crippen LogP contribution in [-0.2, 0) is 5.41 Å². The van der Waals surface area contributed by atoms with Gasteiger partial charge in [0.1, 0.15) is 5.76 Å². The molecule has 72 valence electrons. The Hall–Kier alpha value is -1.25. The highest BCUT2D eigenvalue weighted by Gasteiger charge is 2.19. The summed E-state index contributed by atoms with van der Waals surface area (Å²) < 4.78 is 4.86. The fourth-order valence-electron chi connectivity index (χ4n) is 1.26. The van der Waals surface area contributed by atoms with Crippen LogP contribution in [0, 0.1) is 6.92 Å². The number of aryl methyl sites for hydroxylation is 1. The summed E-state index contributed by atoms with van der Waals surface area (Å²) in [6.45, 7) is 7.04. The van der Waals surface area contributed by atoms with Gasteiger partial charge in [-0.3, -0.25) is 0 Å². The van der Waals surface area contributed by atoms with E-state index in [2.05, 4.69) is 0 Å². The molecule has 1 aromatic heterocycles. The summed E-state index contributed by atoms with van der Waals surface area (Å²) in [5.74, 6) is 0.129. The summed E-state index contributed by atoms with van der Waals surface area (Å²) >= 11 is 0. The molecular weight excluding hydrogens is 168 g/mol. The van der Waals surface area contributed by atoms with E-state index in [1.807, 2.05) is 20.8 Å². The van der Waals surface area contributed by atoms with Gasteiger partial charge in [0.2, 0.25) is 0 Å². The lowest BCUT2D eigenvalue weighted by molar-refractivity contribution is -0.270. The lowest BCUT2D eigenvalue weighted by atomic mass is 9.87. The van der Waals surface area contributed by atoms with Gasteiger partial charge in [-0.2, -0.15) is 0 Å². The average Bonchev–Trinajstić information content (AvgIpc) is 1.78. The zero-order valence-corrected chi connectivity index (χ0v) is 8.30. The van der Waals surface area contributed by atoms with Crippen molar-refractivity contribution in [3.8, 4) is 5.75 Å². The third-order valence-electron chi connectivity index (χ3n) is 1.79. The summed E-state index contributed by atoms with van der Waals surface area (Å²) in [6.07, 6.45) is 0. The van der Waals surface area contributed by atoms with Crippen molar-refractivity contribution in [3.05, 3.63) is 27.8 Å². The molecule has 3 nitrogen and oxygen atoms in total. The van der Waals surface area contributed by atoms with Crippen LogP contribution in [0.15, 0.2) is 15.3 Å². The maximum atomic E-state index is 11.4. The van der Waals surface area contributed by atoms with Gasteiger partial charge in [0, 0.05) is 5.56 Å². The molecule has 0 unspecified atom stereocenters. The quantitative estimate of drug-likeness (QED) is 0.606. The Balaban J connectivity index is 3.47. The molecule has 0 fully saturated rings. The number of rotatable bonds is 0. The smallest absolute Gasteiger partial charge is 0.338 e. The van der Waals surface area contributed by atoms with Crippen LogP contribution >= 0.6 is 0 Å². The molecule has 0 saturated carbocycles. The third-order valence-corrected chi connectivity index (χ3v) is 1.79. The van der Waals surface area contributed by atoms with Gasteiger partial charge in [0.05, 0.1) is 0 Å². The monoisotopic (exact) mass is 181 g/mol. The molecule has 1 rings (SSSR count). The molecule has 0 saturated heterocycles. The van der Waals surface area contributed by atoms with Gasteiger partial charge < -0.3 is 9.52 Å². The largest absolute Gasteiger partial charge is 0.872 e. The summed E-state index contributed by atoms with van der Waals surface area (Å²) in [5, 5.41) is 11.4. The lowest BCUT2D eigenvalue weighted by Crippen LogP contribution is -2.24. The zero-order chi connectivity index (χ0) is 10.2. The molecule has 0 aliphatic carbocycles. The van der Waals surface area contributed by atoms with Gasteiger partial charge >= 0.3 is 5.63 Å². The Bertz CT molecular complexity index is 369. The molecule has 0 bridgehead atoms. The van der Waals surface area contributed by atoms with Gasteiger partial charge in [-0.05, 0) is 18.4 Å². The highest BCUT2D eigenvalue weighted by atomic mass is 16.4. The Morgan fingerprint density at radius 3 is 2.31 bits per heavy atom. The van der Waals surface area contributed by atoms with Gasteiger partial charge in [0.15, 0.2) is 0 Å². The topological polar surface area (TPSA) is 53.3 Å². The van der Waals surface area contributed by atoms with E-state index < -0.39 is 11.0 Å². The first-order chi connectivity index (χ1) is 5.82. The van der Waals surface area contributed by atoms with Crippen LogP contribution in [0.4, 0.5) is 0 Å². The van der Waals surface area contributed by atoms with Crippen molar-refractivity contribution < 1.29 is 9.52 Å². The van der Waals surface area contributed by atoms with Crippen molar-refractivity contribution in [1.29, 1.82) is 0 Å². The van der Waals surface area contributed by atoms with E-state index in [9.17, 15) is 9.90 Å². The minimum Gasteiger partial charge on any atom is -0.872 e. The van der Waals surface area contributed by atoms with Crippen LogP contribution in [0.2, 0.25) is 0 Å². The van der Waals surface area contributed by atoms with E-state index in [1.54, 1.807) is 6.92 Å². The van der Waals surface area contributed by atoms with Crippen LogP contribution in [0.1, 0.15) is 32.1 Å². The molecule has 3 heteroatoms. The highest BCUT2D eigenvalue weighted by Crippen LogP contribution is 2.25. The predicted molar refractivity (Wildman–Crippen MR) is 47.9 cm³/mol. The van der Waals surface area contributed by atoms with Crippen molar-refractivity contribution in [1.82, 2.24) is 0 Å². The van der Waals surface area contributed by atoms with E-state index in [0.29, 0.717) is 5.76 Å². The molecule has 0 aliphatic rings. The van der Waals surface area contributed by atoms with Gasteiger partial charge in [-0.1, -0.05) is 26.5 Å². The summed E-state index contributed by atoms with van der Waals surface area (Å²) in [7, 11) is 0. The van der Waals surface area contributed by atoms with Crippen LogP contribution in [0.3, 0.4) is 0 Å². The predicted octanol–water partition coefficient (Wildman–Crippen LogP) is 1.32. The Morgan fingerprint density at radius 1 is 1.38 bits per heavy atom. The molecule has 0 aliphatic heterocycles. The molecule has 0 N–H and O–H groups in total.